The molecule has 1 aliphatic rings. The van der Waals surface area contributed by atoms with E-state index in [1.165, 1.54) is 35.3 Å². The smallest absolute Gasteiger partial charge is 0.348 e. The van der Waals surface area contributed by atoms with Crippen molar-refractivity contribution in [2.24, 2.45) is 5.92 Å². The molecule has 1 heterocycles. The zero-order valence-electron chi connectivity index (χ0n) is 16.4. The molecule has 0 fully saturated rings. The molecule has 1 aliphatic carbocycles. The highest BCUT2D eigenvalue weighted by atomic mass is 32.1. The van der Waals surface area contributed by atoms with Crippen molar-refractivity contribution in [1.82, 2.24) is 0 Å². The lowest BCUT2D eigenvalue weighted by molar-refractivity contribution is -0.119. The molecule has 3 rings (SSSR count). The van der Waals surface area contributed by atoms with E-state index in [9.17, 15) is 9.59 Å². The molecular formula is C21H25NO5S. The number of hydrogen-bond donors (Lipinski definition) is 1. The van der Waals surface area contributed by atoms with Crippen molar-refractivity contribution < 1.29 is 23.8 Å². The highest BCUT2D eigenvalue weighted by Crippen LogP contribution is 2.34. The van der Waals surface area contributed by atoms with Gasteiger partial charge >= 0.3 is 5.97 Å². The van der Waals surface area contributed by atoms with E-state index in [-0.39, 0.29) is 6.61 Å². The van der Waals surface area contributed by atoms with Crippen molar-refractivity contribution in [1.29, 1.82) is 0 Å². The van der Waals surface area contributed by atoms with Crippen LogP contribution in [-0.4, -0.2) is 32.7 Å². The molecule has 1 N–H and O–H groups in total. The summed E-state index contributed by atoms with van der Waals surface area (Å²) in [5, 5.41) is 2.69. The Morgan fingerprint density at radius 3 is 2.68 bits per heavy atom. The maximum Gasteiger partial charge on any atom is 0.348 e. The molecule has 0 aliphatic heterocycles. The summed E-state index contributed by atoms with van der Waals surface area (Å²) in [6.45, 7) is 1.86. The predicted octanol–water partition coefficient (Wildman–Crippen LogP) is 4.08. The van der Waals surface area contributed by atoms with E-state index in [2.05, 4.69) is 12.2 Å². The van der Waals surface area contributed by atoms with Crippen LogP contribution in [0.3, 0.4) is 0 Å². The fraction of sp³-hybridized carbons (Fsp3) is 0.429. The first-order chi connectivity index (χ1) is 13.5. The van der Waals surface area contributed by atoms with E-state index in [4.69, 9.17) is 14.2 Å². The maximum atomic E-state index is 12.3. The van der Waals surface area contributed by atoms with Gasteiger partial charge in [-0.1, -0.05) is 13.3 Å². The average Bonchev–Trinajstić information content (AvgIpc) is 3.15. The number of thiophene rings is 1. The molecule has 1 aromatic heterocycles. The van der Waals surface area contributed by atoms with Crippen LogP contribution in [0.5, 0.6) is 11.5 Å². The van der Waals surface area contributed by atoms with Crippen LogP contribution < -0.4 is 14.8 Å². The molecule has 0 unspecified atom stereocenters. The quantitative estimate of drug-likeness (QED) is 0.705. The molecule has 0 bridgehead atoms. The summed E-state index contributed by atoms with van der Waals surface area (Å²) in [4.78, 5) is 26.3. The summed E-state index contributed by atoms with van der Waals surface area (Å²) >= 11 is 1.48. The third-order valence-corrected chi connectivity index (χ3v) is 6.18. The Bertz CT molecular complexity index is 860. The molecule has 0 saturated carbocycles. The maximum absolute atomic E-state index is 12.3. The van der Waals surface area contributed by atoms with Crippen LogP contribution in [-0.2, 0) is 22.4 Å². The minimum absolute atomic E-state index is 0.340. The van der Waals surface area contributed by atoms with E-state index in [1.54, 1.807) is 25.3 Å². The van der Waals surface area contributed by atoms with Gasteiger partial charge in [0.05, 0.1) is 14.2 Å². The Morgan fingerprint density at radius 1 is 1.18 bits per heavy atom. The van der Waals surface area contributed by atoms with Crippen molar-refractivity contribution in [3.05, 3.63) is 39.6 Å². The van der Waals surface area contributed by atoms with Crippen molar-refractivity contribution in [2.75, 3.05) is 26.1 Å². The number of esters is 1. The van der Waals surface area contributed by atoms with Crippen LogP contribution in [0.15, 0.2) is 24.3 Å². The van der Waals surface area contributed by atoms with Crippen LogP contribution in [0.1, 0.15) is 39.9 Å². The second-order valence-corrected chi connectivity index (χ2v) is 7.91. The van der Waals surface area contributed by atoms with Gasteiger partial charge in [-0.3, -0.25) is 4.79 Å². The van der Waals surface area contributed by atoms with E-state index >= 15 is 0 Å². The predicted molar refractivity (Wildman–Crippen MR) is 109 cm³/mol. The monoisotopic (exact) mass is 403 g/mol. The number of carbonyl (C=O) groups excluding carboxylic acids is 2. The highest BCUT2D eigenvalue weighted by Gasteiger charge is 2.23. The van der Waals surface area contributed by atoms with Crippen LogP contribution in [0.4, 0.5) is 5.69 Å². The summed E-state index contributed by atoms with van der Waals surface area (Å²) < 4.78 is 15.6. The molecule has 0 spiro atoms. The summed E-state index contributed by atoms with van der Waals surface area (Å²) in [7, 11) is 3.06. The van der Waals surface area contributed by atoms with Gasteiger partial charge in [0.15, 0.2) is 18.1 Å². The Kier molecular flexibility index (Phi) is 6.57. The molecule has 0 saturated heterocycles. The standard InChI is InChI=1S/C21H25NO5S/c1-4-13-5-8-18-14(9-13)10-19(28-18)21(24)27-12-20(23)22-15-6-7-16(25-2)17(11-15)26-3/h6-7,10-11,13H,4-5,8-9,12H2,1-3H3,(H,22,23)/t13-/m1/s1. The third kappa shape index (κ3) is 4.65. The minimum atomic E-state index is -0.449. The van der Waals surface area contributed by atoms with E-state index < -0.39 is 11.9 Å². The second-order valence-electron chi connectivity index (χ2n) is 6.77. The number of nitrogens with one attached hydrogen (secondary N) is 1. The van der Waals surface area contributed by atoms with Crippen LogP contribution in [0, 0.1) is 5.92 Å². The Morgan fingerprint density at radius 2 is 1.96 bits per heavy atom. The molecule has 1 aromatic carbocycles. The molecule has 0 radical (unpaired) electrons. The fourth-order valence-electron chi connectivity index (χ4n) is 3.36. The summed E-state index contributed by atoms with van der Waals surface area (Å²) in [6, 6.07) is 6.96. The molecule has 6 nitrogen and oxygen atoms in total. The largest absolute Gasteiger partial charge is 0.493 e. The summed E-state index contributed by atoms with van der Waals surface area (Å²) in [5.41, 5.74) is 1.79. The van der Waals surface area contributed by atoms with Gasteiger partial charge in [-0.05, 0) is 48.9 Å². The van der Waals surface area contributed by atoms with Gasteiger partial charge in [0.25, 0.3) is 5.91 Å². The van der Waals surface area contributed by atoms with Gasteiger partial charge in [-0.15, -0.1) is 11.3 Å². The van der Waals surface area contributed by atoms with Crippen LogP contribution >= 0.6 is 11.3 Å². The number of benzene rings is 1. The fourth-order valence-corrected chi connectivity index (χ4v) is 4.46. The van der Waals surface area contributed by atoms with Crippen molar-refractivity contribution in [2.45, 2.75) is 32.6 Å². The zero-order valence-corrected chi connectivity index (χ0v) is 17.2. The number of rotatable bonds is 7. The van der Waals surface area contributed by atoms with Gasteiger partial charge in [0.1, 0.15) is 4.88 Å². The van der Waals surface area contributed by atoms with Crippen LogP contribution in [0.25, 0.3) is 0 Å². The molecule has 28 heavy (non-hydrogen) atoms. The normalized spacial score (nSPS) is 15.5. The third-order valence-electron chi connectivity index (χ3n) is 4.97. The van der Waals surface area contributed by atoms with Crippen molar-refractivity contribution >= 4 is 28.9 Å². The SMILES string of the molecule is CC[C@@H]1CCc2sc(C(=O)OCC(=O)Nc3ccc(OC)c(OC)c3)cc2C1. The van der Waals surface area contributed by atoms with Crippen LogP contribution in [0.2, 0.25) is 0 Å². The van der Waals surface area contributed by atoms with Gasteiger partial charge in [-0.2, -0.15) is 0 Å². The van der Waals surface area contributed by atoms with Gasteiger partial charge < -0.3 is 19.5 Å². The van der Waals surface area contributed by atoms with E-state index in [0.717, 1.165) is 19.3 Å². The molecule has 1 atom stereocenters. The number of hydrogen-bond acceptors (Lipinski definition) is 6. The van der Waals surface area contributed by atoms with Gasteiger partial charge in [0.2, 0.25) is 0 Å². The van der Waals surface area contributed by atoms with Gasteiger partial charge in [0, 0.05) is 16.6 Å². The minimum Gasteiger partial charge on any atom is -0.493 e. The molecule has 7 heteroatoms. The first kappa shape index (κ1) is 20.2. The number of methoxy groups -OCH3 is 2. The Hall–Kier alpha value is -2.54. The van der Waals surface area contributed by atoms with Gasteiger partial charge in [-0.25, -0.2) is 4.79 Å². The summed E-state index contributed by atoms with van der Waals surface area (Å²) in [5.74, 6) is 0.909. The number of aryl methyl sites for hydroxylation is 1. The lowest BCUT2D eigenvalue weighted by atomic mass is 9.87. The first-order valence-corrected chi connectivity index (χ1v) is 10.2. The molecule has 150 valence electrons. The number of ether oxygens (including phenoxy) is 3. The first-order valence-electron chi connectivity index (χ1n) is 9.34. The zero-order chi connectivity index (χ0) is 20.1. The number of anilines is 1. The molecule has 2 aromatic rings. The summed E-state index contributed by atoms with van der Waals surface area (Å²) in [6.07, 6.45) is 4.37. The topological polar surface area (TPSA) is 73.9 Å². The van der Waals surface area contributed by atoms with E-state index in [1.807, 2.05) is 6.07 Å². The Balaban J connectivity index is 1.55. The highest BCUT2D eigenvalue weighted by molar-refractivity contribution is 7.14. The lowest BCUT2D eigenvalue weighted by Gasteiger charge is -2.19. The number of fused-ring (bicyclic) bond motifs is 1. The Labute approximate surface area is 168 Å². The van der Waals surface area contributed by atoms with Crippen molar-refractivity contribution in [3.8, 4) is 11.5 Å². The molecule has 1 amide bonds. The second kappa shape index (κ2) is 9.10. The number of carbonyl (C=O) groups is 2. The number of amides is 1. The average molecular weight is 404 g/mol. The van der Waals surface area contributed by atoms with Crippen molar-refractivity contribution in [3.63, 3.8) is 0 Å². The lowest BCUT2D eigenvalue weighted by Crippen LogP contribution is -2.20. The molecular weight excluding hydrogens is 378 g/mol. The van der Waals surface area contributed by atoms with E-state index in [0.29, 0.717) is 28.0 Å².